The fraction of sp³-hybridized carbons (Fsp3) is 0.571. The van der Waals surface area contributed by atoms with Crippen molar-refractivity contribution < 1.29 is 9.53 Å². The quantitative estimate of drug-likeness (QED) is 0.456. The van der Waals surface area contributed by atoms with E-state index in [9.17, 15) is 4.79 Å². The van der Waals surface area contributed by atoms with Gasteiger partial charge in [-0.25, -0.2) is 0 Å². The van der Waals surface area contributed by atoms with Gasteiger partial charge in [0.15, 0.2) is 0 Å². The van der Waals surface area contributed by atoms with Crippen LogP contribution in [0.2, 0.25) is 0 Å². The number of rotatable bonds is 13. The lowest BCUT2D eigenvalue weighted by molar-refractivity contribution is -0.134. The van der Waals surface area contributed by atoms with Crippen LogP contribution in [0.1, 0.15) is 50.5 Å². The van der Waals surface area contributed by atoms with Crippen LogP contribution in [0.5, 0.6) is 5.75 Å². The molecule has 1 saturated carbocycles. The zero-order chi connectivity index (χ0) is 23.4. The molecule has 0 bridgehead atoms. The Hall–Kier alpha value is -2.44. The number of aromatic nitrogens is 1. The van der Waals surface area contributed by atoms with Gasteiger partial charge in [-0.05, 0) is 49.9 Å². The molecule has 2 heterocycles. The minimum Gasteiger partial charge on any atom is -0.490 e. The lowest BCUT2D eigenvalue weighted by Gasteiger charge is -2.43. The second-order valence-corrected chi connectivity index (χ2v) is 9.59. The fourth-order valence-electron chi connectivity index (χ4n) is 5.08. The number of benzene rings is 1. The molecule has 34 heavy (non-hydrogen) atoms. The van der Waals surface area contributed by atoms with E-state index in [1.54, 1.807) is 12.4 Å². The summed E-state index contributed by atoms with van der Waals surface area (Å²) in [4.78, 5) is 22.0. The molecule has 1 saturated heterocycles. The first-order valence-corrected chi connectivity index (χ1v) is 13.1. The van der Waals surface area contributed by atoms with Crippen molar-refractivity contribution in [3.63, 3.8) is 0 Å². The van der Waals surface area contributed by atoms with Gasteiger partial charge in [0.25, 0.3) is 0 Å². The monoisotopic (exact) mass is 464 g/mol. The van der Waals surface area contributed by atoms with E-state index in [2.05, 4.69) is 44.4 Å². The Morgan fingerprint density at radius 1 is 1.06 bits per heavy atom. The molecule has 6 heteroatoms. The number of pyridine rings is 1. The van der Waals surface area contributed by atoms with Gasteiger partial charge in [0.2, 0.25) is 5.91 Å². The van der Waals surface area contributed by atoms with Crippen LogP contribution in [0.3, 0.4) is 0 Å². The Labute approximate surface area is 204 Å². The number of carbonyl (C=O) groups excluding carboxylic acids is 1. The van der Waals surface area contributed by atoms with Gasteiger partial charge in [-0.3, -0.25) is 14.7 Å². The number of ether oxygens (including phenoxy) is 1. The molecule has 1 amide bonds. The molecule has 0 spiro atoms. The highest BCUT2D eigenvalue weighted by Crippen LogP contribution is 2.24. The zero-order valence-electron chi connectivity index (χ0n) is 20.4. The van der Waals surface area contributed by atoms with E-state index < -0.39 is 0 Å². The average Bonchev–Trinajstić information content (AvgIpc) is 2.87. The molecule has 184 valence electrons. The summed E-state index contributed by atoms with van der Waals surface area (Å²) in [6, 6.07) is 15.2. The number of carbonyl (C=O) groups is 1. The van der Waals surface area contributed by atoms with E-state index >= 15 is 0 Å². The third kappa shape index (κ3) is 7.54. The third-order valence-corrected chi connectivity index (χ3v) is 7.26. The summed E-state index contributed by atoms with van der Waals surface area (Å²) < 4.78 is 5.93. The van der Waals surface area contributed by atoms with Gasteiger partial charge in [0.1, 0.15) is 12.4 Å². The van der Waals surface area contributed by atoms with Crippen molar-refractivity contribution in [3.05, 3.63) is 60.4 Å². The lowest BCUT2D eigenvalue weighted by atomic mass is 9.93. The van der Waals surface area contributed by atoms with Gasteiger partial charge in [0, 0.05) is 50.9 Å². The first-order chi connectivity index (χ1) is 16.8. The van der Waals surface area contributed by atoms with Crippen molar-refractivity contribution in [1.29, 1.82) is 0 Å². The van der Waals surface area contributed by atoms with E-state index in [0.29, 0.717) is 31.0 Å². The number of amides is 1. The molecule has 6 nitrogen and oxygen atoms in total. The molecule has 0 radical (unpaired) electrons. The Morgan fingerprint density at radius 3 is 2.65 bits per heavy atom. The Morgan fingerprint density at radius 2 is 1.91 bits per heavy atom. The smallest absolute Gasteiger partial charge is 0.224 e. The van der Waals surface area contributed by atoms with Gasteiger partial charge >= 0.3 is 0 Å². The fourth-order valence-corrected chi connectivity index (χ4v) is 5.08. The summed E-state index contributed by atoms with van der Waals surface area (Å²) in [7, 11) is 0. The Kier molecular flexibility index (Phi) is 9.76. The second-order valence-electron chi connectivity index (χ2n) is 9.59. The first kappa shape index (κ1) is 24.7. The molecule has 4 rings (SSSR count). The van der Waals surface area contributed by atoms with E-state index in [0.717, 1.165) is 64.2 Å². The minimum atomic E-state index is 0.308. The van der Waals surface area contributed by atoms with Crippen molar-refractivity contribution in [2.75, 3.05) is 39.3 Å². The molecule has 0 unspecified atom stereocenters. The molecule has 2 aromatic rings. The van der Waals surface area contributed by atoms with Crippen LogP contribution in [-0.4, -0.2) is 72.1 Å². The van der Waals surface area contributed by atoms with Crippen molar-refractivity contribution in [3.8, 4) is 5.75 Å². The standard InChI is InChI=1S/C28H40N4O2/c33-28(14-18-29-17-13-24-8-3-1-4-9-24)32(25-10-5-2-6-11-25)21-20-31-19-15-26(31)23-34-27-12-7-16-30-22-27/h1,3-4,7-9,12,16,22,25-26,29H,2,5-6,10-11,13-15,17-21,23H2/t26-/m0/s1. The summed E-state index contributed by atoms with van der Waals surface area (Å²) in [5.41, 5.74) is 1.33. The number of nitrogens with one attached hydrogen (secondary N) is 1. The maximum atomic E-state index is 13.2. The highest BCUT2D eigenvalue weighted by atomic mass is 16.5. The molecule has 1 aliphatic carbocycles. The van der Waals surface area contributed by atoms with Crippen LogP contribution < -0.4 is 10.1 Å². The summed E-state index contributed by atoms with van der Waals surface area (Å²) in [6.45, 7) is 5.21. The van der Waals surface area contributed by atoms with E-state index in [4.69, 9.17) is 4.74 Å². The highest BCUT2D eigenvalue weighted by molar-refractivity contribution is 5.76. The molecule has 1 aromatic carbocycles. The van der Waals surface area contributed by atoms with E-state index in [-0.39, 0.29) is 0 Å². The van der Waals surface area contributed by atoms with Crippen LogP contribution in [0, 0.1) is 0 Å². The molecule has 2 fully saturated rings. The maximum absolute atomic E-state index is 13.2. The van der Waals surface area contributed by atoms with Crippen LogP contribution in [0.15, 0.2) is 54.9 Å². The van der Waals surface area contributed by atoms with Gasteiger partial charge in [-0.1, -0.05) is 49.6 Å². The molecular formula is C28H40N4O2. The van der Waals surface area contributed by atoms with Crippen molar-refractivity contribution in [2.24, 2.45) is 0 Å². The zero-order valence-corrected chi connectivity index (χ0v) is 20.4. The average molecular weight is 465 g/mol. The molecular weight excluding hydrogens is 424 g/mol. The molecule has 1 aliphatic heterocycles. The normalized spacial score (nSPS) is 18.9. The highest BCUT2D eigenvalue weighted by Gasteiger charge is 2.31. The lowest BCUT2D eigenvalue weighted by Crippen LogP contribution is -2.54. The Balaban J connectivity index is 1.20. The van der Waals surface area contributed by atoms with Crippen molar-refractivity contribution in [1.82, 2.24) is 20.1 Å². The number of likely N-dealkylation sites (tertiary alicyclic amines) is 1. The predicted octanol–water partition coefficient (Wildman–Crippen LogP) is 3.92. The number of hydrogen-bond donors (Lipinski definition) is 1. The SMILES string of the molecule is O=C(CCNCCc1ccccc1)N(CCN1CC[C@H]1COc1cccnc1)C1CCCCC1. The topological polar surface area (TPSA) is 57.7 Å². The van der Waals surface area contributed by atoms with Gasteiger partial charge in [-0.2, -0.15) is 0 Å². The summed E-state index contributed by atoms with van der Waals surface area (Å²) >= 11 is 0. The maximum Gasteiger partial charge on any atom is 0.224 e. The molecule has 1 aromatic heterocycles. The van der Waals surface area contributed by atoms with Crippen LogP contribution in [0.25, 0.3) is 0 Å². The number of hydrogen-bond acceptors (Lipinski definition) is 5. The van der Waals surface area contributed by atoms with Crippen LogP contribution >= 0.6 is 0 Å². The van der Waals surface area contributed by atoms with Crippen LogP contribution in [-0.2, 0) is 11.2 Å². The summed E-state index contributed by atoms with van der Waals surface area (Å²) in [5.74, 6) is 1.14. The third-order valence-electron chi connectivity index (χ3n) is 7.26. The predicted molar refractivity (Wildman–Crippen MR) is 136 cm³/mol. The molecule has 1 atom stereocenters. The van der Waals surface area contributed by atoms with Crippen molar-refractivity contribution in [2.45, 2.75) is 63.5 Å². The van der Waals surface area contributed by atoms with Crippen LogP contribution in [0.4, 0.5) is 0 Å². The second kappa shape index (κ2) is 13.4. The van der Waals surface area contributed by atoms with Gasteiger partial charge < -0.3 is 15.0 Å². The minimum absolute atomic E-state index is 0.308. The number of nitrogens with zero attached hydrogens (tertiary/aromatic N) is 3. The summed E-state index contributed by atoms with van der Waals surface area (Å²) in [6.07, 6.45) is 12.4. The first-order valence-electron chi connectivity index (χ1n) is 13.1. The Bertz CT molecular complexity index is 842. The van der Waals surface area contributed by atoms with Gasteiger partial charge in [-0.15, -0.1) is 0 Å². The largest absolute Gasteiger partial charge is 0.490 e. The van der Waals surface area contributed by atoms with Gasteiger partial charge in [0.05, 0.1) is 6.20 Å². The molecule has 1 N–H and O–H groups in total. The van der Waals surface area contributed by atoms with E-state index in [1.807, 2.05) is 18.2 Å². The van der Waals surface area contributed by atoms with Crippen molar-refractivity contribution >= 4 is 5.91 Å². The summed E-state index contributed by atoms with van der Waals surface area (Å²) in [5, 5.41) is 3.47. The van der Waals surface area contributed by atoms with E-state index in [1.165, 1.54) is 24.8 Å². The molecule has 2 aliphatic rings.